The zero-order valence-corrected chi connectivity index (χ0v) is 12.8. The lowest BCUT2D eigenvalue weighted by molar-refractivity contribution is 0.0544. The molecule has 0 aliphatic carbocycles. The van der Waals surface area contributed by atoms with Gasteiger partial charge >= 0.3 is 0 Å². The van der Waals surface area contributed by atoms with Crippen LogP contribution in [0.15, 0.2) is 6.20 Å². The summed E-state index contributed by atoms with van der Waals surface area (Å²) in [6.45, 7) is 4.13. The Morgan fingerprint density at radius 2 is 2.09 bits per heavy atom. The molecule has 1 aromatic rings. The van der Waals surface area contributed by atoms with E-state index in [0.717, 1.165) is 44.2 Å². The first-order valence-electron chi connectivity index (χ1n) is 8.33. The zero-order chi connectivity index (χ0) is 14.9. The van der Waals surface area contributed by atoms with E-state index >= 15 is 0 Å². The van der Waals surface area contributed by atoms with Crippen LogP contribution in [0.2, 0.25) is 0 Å². The maximum absolute atomic E-state index is 12.4. The van der Waals surface area contributed by atoms with Gasteiger partial charge in [-0.2, -0.15) is 0 Å². The summed E-state index contributed by atoms with van der Waals surface area (Å²) in [7, 11) is 0. The van der Waals surface area contributed by atoms with Crippen LogP contribution in [0.4, 0.5) is 5.95 Å². The van der Waals surface area contributed by atoms with Crippen LogP contribution in [0, 0.1) is 0 Å². The Labute approximate surface area is 130 Å². The molecule has 0 N–H and O–H groups in total. The second kappa shape index (κ2) is 5.83. The van der Waals surface area contributed by atoms with E-state index in [9.17, 15) is 4.79 Å². The number of aromatic nitrogens is 2. The van der Waals surface area contributed by atoms with Crippen molar-refractivity contribution in [1.29, 1.82) is 0 Å². The van der Waals surface area contributed by atoms with E-state index in [1.807, 2.05) is 4.90 Å². The lowest BCUT2D eigenvalue weighted by Crippen LogP contribution is -2.32. The first kappa shape index (κ1) is 13.9. The standard InChI is InChI=1S/C16H22N4O2/c21-15-13-9-17-16(19-6-2-1-3-7-19)18-14(13)11-20(15)10-12-5-4-8-22-12/h9,12H,1-8,10-11H2. The van der Waals surface area contributed by atoms with Crippen molar-refractivity contribution in [3.63, 3.8) is 0 Å². The Hall–Kier alpha value is -1.69. The van der Waals surface area contributed by atoms with E-state index in [0.29, 0.717) is 18.7 Å². The Bertz CT molecular complexity index is 565. The highest BCUT2D eigenvalue weighted by Crippen LogP contribution is 2.25. The number of hydrogen-bond acceptors (Lipinski definition) is 5. The number of ether oxygens (including phenoxy) is 1. The van der Waals surface area contributed by atoms with Crippen molar-refractivity contribution in [3.8, 4) is 0 Å². The minimum atomic E-state index is 0.0516. The van der Waals surface area contributed by atoms with Crippen molar-refractivity contribution in [3.05, 3.63) is 17.5 Å². The summed E-state index contributed by atoms with van der Waals surface area (Å²) >= 11 is 0. The average molecular weight is 302 g/mol. The molecule has 3 aliphatic rings. The van der Waals surface area contributed by atoms with E-state index in [1.165, 1.54) is 19.3 Å². The maximum Gasteiger partial charge on any atom is 0.257 e. The number of fused-ring (bicyclic) bond motifs is 1. The largest absolute Gasteiger partial charge is 0.376 e. The minimum absolute atomic E-state index is 0.0516. The first-order chi connectivity index (χ1) is 10.8. The molecular weight excluding hydrogens is 280 g/mol. The fourth-order valence-electron chi connectivity index (χ4n) is 3.56. The number of piperidine rings is 1. The van der Waals surface area contributed by atoms with Gasteiger partial charge in [-0.1, -0.05) is 0 Å². The normalized spacial score (nSPS) is 24.9. The summed E-state index contributed by atoms with van der Waals surface area (Å²) in [5.41, 5.74) is 1.54. The van der Waals surface area contributed by atoms with E-state index in [4.69, 9.17) is 4.74 Å². The Balaban J connectivity index is 1.49. The summed E-state index contributed by atoms with van der Waals surface area (Å²) < 4.78 is 5.64. The van der Waals surface area contributed by atoms with Crippen molar-refractivity contribution in [2.75, 3.05) is 31.1 Å². The highest BCUT2D eigenvalue weighted by molar-refractivity contribution is 5.97. The third kappa shape index (κ3) is 2.56. The Morgan fingerprint density at radius 3 is 2.86 bits per heavy atom. The first-order valence-corrected chi connectivity index (χ1v) is 8.33. The van der Waals surface area contributed by atoms with Gasteiger partial charge in [-0.05, 0) is 32.1 Å². The molecule has 22 heavy (non-hydrogen) atoms. The summed E-state index contributed by atoms with van der Waals surface area (Å²) in [6, 6.07) is 0. The molecule has 1 amide bonds. The van der Waals surface area contributed by atoms with E-state index in [1.54, 1.807) is 6.20 Å². The summed E-state index contributed by atoms with van der Waals surface area (Å²) in [4.78, 5) is 25.6. The molecule has 2 saturated heterocycles. The highest BCUT2D eigenvalue weighted by atomic mass is 16.5. The number of hydrogen-bond donors (Lipinski definition) is 0. The fraction of sp³-hybridized carbons (Fsp3) is 0.688. The zero-order valence-electron chi connectivity index (χ0n) is 12.8. The molecule has 2 fully saturated rings. The SMILES string of the molecule is O=C1c2cnc(N3CCCCC3)nc2CN1CC1CCCO1. The number of anilines is 1. The predicted molar refractivity (Wildman–Crippen MR) is 81.8 cm³/mol. The summed E-state index contributed by atoms with van der Waals surface area (Å²) in [5, 5.41) is 0. The van der Waals surface area contributed by atoms with Crippen LogP contribution < -0.4 is 4.90 Å². The van der Waals surface area contributed by atoms with Gasteiger partial charge in [0.15, 0.2) is 0 Å². The van der Waals surface area contributed by atoms with Crippen molar-refractivity contribution in [2.45, 2.75) is 44.8 Å². The molecule has 1 atom stereocenters. The summed E-state index contributed by atoms with van der Waals surface area (Å²) in [5.74, 6) is 0.834. The molecule has 0 radical (unpaired) electrons. The van der Waals surface area contributed by atoms with Crippen LogP contribution in [0.5, 0.6) is 0 Å². The van der Waals surface area contributed by atoms with E-state index in [-0.39, 0.29) is 12.0 Å². The van der Waals surface area contributed by atoms with Crippen LogP contribution in [-0.2, 0) is 11.3 Å². The van der Waals surface area contributed by atoms with Crippen LogP contribution >= 0.6 is 0 Å². The molecule has 1 aromatic heterocycles. The van der Waals surface area contributed by atoms with Crippen molar-refractivity contribution >= 4 is 11.9 Å². The average Bonchev–Trinajstić information content (AvgIpc) is 3.17. The number of amides is 1. The fourth-order valence-corrected chi connectivity index (χ4v) is 3.56. The van der Waals surface area contributed by atoms with Gasteiger partial charge in [0.1, 0.15) is 0 Å². The molecule has 1 unspecified atom stereocenters. The number of rotatable bonds is 3. The molecule has 4 heterocycles. The van der Waals surface area contributed by atoms with E-state index in [2.05, 4.69) is 14.9 Å². The number of carbonyl (C=O) groups excluding carboxylic acids is 1. The highest BCUT2D eigenvalue weighted by Gasteiger charge is 2.32. The minimum Gasteiger partial charge on any atom is -0.376 e. The second-order valence-corrected chi connectivity index (χ2v) is 6.40. The maximum atomic E-state index is 12.4. The second-order valence-electron chi connectivity index (χ2n) is 6.40. The lowest BCUT2D eigenvalue weighted by atomic mass is 10.1. The van der Waals surface area contributed by atoms with Crippen LogP contribution in [0.1, 0.15) is 48.2 Å². The molecule has 0 spiro atoms. The smallest absolute Gasteiger partial charge is 0.257 e. The molecule has 6 heteroatoms. The van der Waals surface area contributed by atoms with Gasteiger partial charge in [-0.3, -0.25) is 4.79 Å². The number of carbonyl (C=O) groups is 1. The third-order valence-electron chi connectivity index (χ3n) is 4.80. The molecule has 0 bridgehead atoms. The van der Waals surface area contributed by atoms with Gasteiger partial charge in [0, 0.05) is 32.4 Å². The van der Waals surface area contributed by atoms with Crippen LogP contribution in [0.3, 0.4) is 0 Å². The van der Waals surface area contributed by atoms with Gasteiger partial charge in [0.2, 0.25) is 5.95 Å². The summed E-state index contributed by atoms with van der Waals surface area (Å²) in [6.07, 6.45) is 7.73. The molecule has 3 aliphatic heterocycles. The van der Waals surface area contributed by atoms with Gasteiger partial charge in [0.25, 0.3) is 5.91 Å². The Morgan fingerprint density at radius 1 is 1.23 bits per heavy atom. The van der Waals surface area contributed by atoms with E-state index < -0.39 is 0 Å². The van der Waals surface area contributed by atoms with Gasteiger partial charge in [-0.15, -0.1) is 0 Å². The Kier molecular flexibility index (Phi) is 3.70. The van der Waals surface area contributed by atoms with Gasteiger partial charge in [-0.25, -0.2) is 9.97 Å². The van der Waals surface area contributed by atoms with Gasteiger partial charge in [0.05, 0.1) is 23.9 Å². The quantitative estimate of drug-likeness (QED) is 0.849. The molecule has 6 nitrogen and oxygen atoms in total. The monoisotopic (exact) mass is 302 g/mol. The molecular formula is C16H22N4O2. The molecule has 4 rings (SSSR count). The molecule has 0 saturated carbocycles. The van der Waals surface area contributed by atoms with Crippen molar-refractivity contribution in [1.82, 2.24) is 14.9 Å². The topological polar surface area (TPSA) is 58.6 Å². The van der Waals surface area contributed by atoms with Crippen LogP contribution in [0.25, 0.3) is 0 Å². The molecule has 118 valence electrons. The van der Waals surface area contributed by atoms with Crippen molar-refractivity contribution < 1.29 is 9.53 Å². The lowest BCUT2D eigenvalue weighted by Gasteiger charge is -2.26. The third-order valence-corrected chi connectivity index (χ3v) is 4.80. The predicted octanol–water partition coefficient (Wildman–Crippen LogP) is 1.60. The van der Waals surface area contributed by atoms with Crippen molar-refractivity contribution in [2.24, 2.45) is 0 Å². The van der Waals surface area contributed by atoms with Gasteiger partial charge < -0.3 is 14.5 Å². The van der Waals surface area contributed by atoms with Crippen LogP contribution in [-0.4, -0.2) is 53.1 Å². The molecule has 0 aromatic carbocycles. The number of nitrogens with zero attached hydrogens (tertiary/aromatic N) is 4.